The lowest BCUT2D eigenvalue weighted by atomic mass is 10.1. The van der Waals surface area contributed by atoms with E-state index in [1.165, 1.54) is 50.5 Å². The molecule has 2 nitrogen and oxygen atoms in total. The second-order valence-corrected chi connectivity index (χ2v) is 4.37. The molecule has 0 heterocycles. The van der Waals surface area contributed by atoms with Crippen LogP contribution in [0.15, 0.2) is 24.3 Å². The number of hydrogen-bond acceptors (Lipinski definition) is 2. The molecule has 0 aliphatic carbocycles. The van der Waals surface area contributed by atoms with Gasteiger partial charge in [0.2, 0.25) is 0 Å². The van der Waals surface area contributed by atoms with E-state index in [2.05, 4.69) is 19.1 Å². The maximum absolute atomic E-state index is 7.00. The van der Waals surface area contributed by atoms with Gasteiger partial charge in [0.05, 0.1) is 7.11 Å². The monoisotopic (exact) mass is 284 g/mol. The zero-order valence-electron chi connectivity index (χ0n) is 12.1. The fraction of sp³-hybridized carbons (Fsp3) is 0.667. The highest BCUT2D eigenvalue weighted by Crippen LogP contribution is 2.14. The Morgan fingerprint density at radius 3 is 1.85 bits per heavy atom. The molecule has 1 N–H and O–H groups in total. The minimum atomic E-state index is 0. The number of rotatable bonds is 8. The Bertz CT molecular complexity index is 267. The molecule has 0 saturated carbocycles. The molecule has 1 rings (SSSR count). The standard InChI is InChI=1S/C15H24O.CH4O.2CH4/c1-3-4-5-6-7-8-9-14-10-12-15(16-2)13-11-14;1-2;;/h10-13H,3-9H2,1-2H3;2H,1H3;2*1H4. The largest absolute Gasteiger partial charge is 0.497 e. The van der Waals surface area contributed by atoms with E-state index in [1.54, 1.807) is 7.11 Å². The first-order chi connectivity index (χ1) is 8.86. The highest BCUT2D eigenvalue weighted by Gasteiger charge is 1.95. The van der Waals surface area contributed by atoms with Gasteiger partial charge in [-0.2, -0.15) is 0 Å². The minimum absolute atomic E-state index is 0. The van der Waals surface area contributed by atoms with Gasteiger partial charge in [-0.15, -0.1) is 0 Å². The topological polar surface area (TPSA) is 29.5 Å². The Morgan fingerprint density at radius 2 is 1.35 bits per heavy atom. The van der Waals surface area contributed by atoms with Crippen molar-refractivity contribution in [1.29, 1.82) is 0 Å². The third-order valence-electron chi connectivity index (χ3n) is 2.98. The minimum Gasteiger partial charge on any atom is -0.497 e. The van der Waals surface area contributed by atoms with Gasteiger partial charge in [0.1, 0.15) is 5.75 Å². The number of unbranched alkanes of at least 4 members (excludes halogenated alkanes) is 5. The van der Waals surface area contributed by atoms with Gasteiger partial charge < -0.3 is 9.84 Å². The molecular weight excluding hydrogens is 248 g/mol. The molecule has 0 amide bonds. The van der Waals surface area contributed by atoms with Crippen molar-refractivity contribution in [3.63, 3.8) is 0 Å². The lowest BCUT2D eigenvalue weighted by Crippen LogP contribution is -1.87. The number of hydrogen-bond donors (Lipinski definition) is 1. The van der Waals surface area contributed by atoms with Crippen LogP contribution >= 0.6 is 0 Å². The number of aliphatic hydroxyl groups excluding tert-OH is 1. The zero-order chi connectivity index (χ0) is 13.6. The van der Waals surface area contributed by atoms with Crippen LogP contribution in [0.4, 0.5) is 0 Å². The van der Waals surface area contributed by atoms with E-state index in [0.717, 1.165) is 12.9 Å². The van der Waals surface area contributed by atoms with E-state index in [4.69, 9.17) is 9.84 Å². The average molecular weight is 284 g/mol. The van der Waals surface area contributed by atoms with Crippen molar-refractivity contribution >= 4 is 0 Å². The van der Waals surface area contributed by atoms with Crippen LogP contribution in [0, 0.1) is 0 Å². The van der Waals surface area contributed by atoms with E-state index in [9.17, 15) is 0 Å². The van der Waals surface area contributed by atoms with Crippen LogP contribution in [-0.2, 0) is 6.42 Å². The summed E-state index contributed by atoms with van der Waals surface area (Å²) in [6.07, 6.45) is 9.41. The van der Waals surface area contributed by atoms with Crippen LogP contribution in [0.5, 0.6) is 5.75 Å². The van der Waals surface area contributed by atoms with Gasteiger partial charge in [0.25, 0.3) is 0 Å². The average Bonchev–Trinajstić information content (AvgIpc) is 2.45. The number of aliphatic hydroxyl groups is 1. The van der Waals surface area contributed by atoms with Gasteiger partial charge in [-0.1, -0.05) is 66.0 Å². The Labute approximate surface area is 127 Å². The summed E-state index contributed by atoms with van der Waals surface area (Å²) >= 11 is 0. The van der Waals surface area contributed by atoms with Crippen molar-refractivity contribution in [1.82, 2.24) is 0 Å². The molecule has 1 aromatic carbocycles. The van der Waals surface area contributed by atoms with Gasteiger partial charge >= 0.3 is 0 Å². The van der Waals surface area contributed by atoms with Gasteiger partial charge in [0.15, 0.2) is 0 Å². The number of ether oxygens (including phenoxy) is 1. The summed E-state index contributed by atoms with van der Waals surface area (Å²) in [5.74, 6) is 0.951. The molecule has 0 bridgehead atoms. The maximum atomic E-state index is 7.00. The van der Waals surface area contributed by atoms with Crippen LogP contribution in [0.25, 0.3) is 0 Å². The fourth-order valence-corrected chi connectivity index (χ4v) is 1.90. The van der Waals surface area contributed by atoms with Crippen molar-refractivity contribution in [2.45, 2.75) is 66.7 Å². The van der Waals surface area contributed by atoms with Crippen LogP contribution in [0.3, 0.4) is 0 Å². The Hall–Kier alpha value is -1.02. The molecule has 20 heavy (non-hydrogen) atoms. The Morgan fingerprint density at radius 1 is 0.850 bits per heavy atom. The van der Waals surface area contributed by atoms with Crippen LogP contribution in [0.2, 0.25) is 0 Å². The third kappa shape index (κ3) is 12.0. The summed E-state index contributed by atoms with van der Waals surface area (Å²) in [7, 11) is 2.71. The second-order valence-electron chi connectivity index (χ2n) is 4.37. The van der Waals surface area contributed by atoms with Crippen LogP contribution in [0.1, 0.15) is 65.9 Å². The Kier molecular flexibility index (Phi) is 21.6. The molecule has 1 aromatic rings. The van der Waals surface area contributed by atoms with Crippen LogP contribution in [-0.4, -0.2) is 19.3 Å². The van der Waals surface area contributed by atoms with Crippen LogP contribution < -0.4 is 4.74 Å². The normalized spacial score (nSPS) is 8.60. The predicted molar refractivity (Wildman–Crippen MR) is 91.7 cm³/mol. The first-order valence-electron chi connectivity index (χ1n) is 6.94. The number of aryl methyl sites for hydroxylation is 1. The van der Waals surface area contributed by atoms with Crippen molar-refractivity contribution in [3.05, 3.63) is 29.8 Å². The molecule has 0 spiro atoms. The van der Waals surface area contributed by atoms with Gasteiger partial charge in [-0.05, 0) is 30.5 Å². The van der Waals surface area contributed by atoms with Crippen molar-refractivity contribution < 1.29 is 9.84 Å². The fourth-order valence-electron chi connectivity index (χ4n) is 1.90. The summed E-state index contributed by atoms with van der Waals surface area (Å²) in [6, 6.07) is 8.44. The highest BCUT2D eigenvalue weighted by atomic mass is 16.5. The summed E-state index contributed by atoms with van der Waals surface area (Å²) in [5.41, 5.74) is 1.43. The molecule has 0 radical (unpaired) electrons. The maximum Gasteiger partial charge on any atom is 0.118 e. The molecular formula is C18H36O2. The van der Waals surface area contributed by atoms with Crippen molar-refractivity contribution in [2.24, 2.45) is 0 Å². The zero-order valence-corrected chi connectivity index (χ0v) is 12.1. The molecule has 0 fully saturated rings. The molecule has 0 unspecified atom stereocenters. The highest BCUT2D eigenvalue weighted by molar-refractivity contribution is 5.27. The number of benzene rings is 1. The smallest absolute Gasteiger partial charge is 0.118 e. The van der Waals surface area contributed by atoms with E-state index in [-0.39, 0.29) is 14.9 Å². The summed E-state index contributed by atoms with van der Waals surface area (Å²) in [5, 5.41) is 7.00. The molecule has 0 atom stereocenters. The van der Waals surface area contributed by atoms with E-state index >= 15 is 0 Å². The van der Waals surface area contributed by atoms with Gasteiger partial charge in [-0.25, -0.2) is 0 Å². The summed E-state index contributed by atoms with van der Waals surface area (Å²) in [4.78, 5) is 0. The molecule has 2 heteroatoms. The molecule has 0 aromatic heterocycles. The number of methoxy groups -OCH3 is 1. The molecule has 120 valence electrons. The lowest BCUT2D eigenvalue weighted by molar-refractivity contribution is 0.399. The van der Waals surface area contributed by atoms with Gasteiger partial charge in [-0.3, -0.25) is 0 Å². The molecule has 0 saturated heterocycles. The molecule has 0 aliphatic rings. The van der Waals surface area contributed by atoms with Gasteiger partial charge in [0, 0.05) is 7.11 Å². The lowest BCUT2D eigenvalue weighted by Gasteiger charge is -2.03. The summed E-state index contributed by atoms with van der Waals surface area (Å²) in [6.45, 7) is 2.26. The first-order valence-corrected chi connectivity index (χ1v) is 6.94. The third-order valence-corrected chi connectivity index (χ3v) is 2.98. The van der Waals surface area contributed by atoms with Crippen molar-refractivity contribution in [2.75, 3.05) is 14.2 Å². The van der Waals surface area contributed by atoms with E-state index in [0.29, 0.717) is 0 Å². The van der Waals surface area contributed by atoms with E-state index < -0.39 is 0 Å². The Balaban J connectivity index is -0.000000689. The van der Waals surface area contributed by atoms with E-state index in [1.807, 2.05) is 12.1 Å². The first kappa shape index (κ1) is 24.0. The predicted octanol–water partition coefficient (Wildman–Crippen LogP) is 5.48. The second kappa shape index (κ2) is 18.0. The molecule has 0 aliphatic heterocycles. The quantitative estimate of drug-likeness (QED) is 0.641. The summed E-state index contributed by atoms with van der Waals surface area (Å²) < 4.78 is 5.14. The SMILES string of the molecule is C.C.CCCCCCCCc1ccc(OC)cc1.CO. The van der Waals surface area contributed by atoms with Crippen molar-refractivity contribution in [3.8, 4) is 5.75 Å².